The fourth-order valence-electron chi connectivity index (χ4n) is 3.05. The maximum Gasteiger partial charge on any atom is 0.118 e. The van der Waals surface area contributed by atoms with Crippen molar-refractivity contribution in [1.29, 1.82) is 0 Å². The summed E-state index contributed by atoms with van der Waals surface area (Å²) in [6.45, 7) is 4.41. The molecule has 1 atom stereocenters. The van der Waals surface area contributed by atoms with Gasteiger partial charge in [-0.1, -0.05) is 62.7 Å². The molecule has 0 bridgehead atoms. The summed E-state index contributed by atoms with van der Waals surface area (Å²) in [6.07, 6.45) is 4.27. The number of methoxy groups -OCH3 is 1. The Bertz CT molecular complexity index is 789. The molecule has 0 aliphatic heterocycles. The van der Waals surface area contributed by atoms with E-state index in [0.717, 1.165) is 24.3 Å². The van der Waals surface area contributed by atoms with Crippen molar-refractivity contribution >= 4 is 0 Å². The van der Waals surface area contributed by atoms with Crippen LogP contribution in [0, 0.1) is 0 Å². The Kier molecular flexibility index (Phi) is 5.49. The number of nitrogens with zero attached hydrogens (tertiary/aromatic N) is 1. The van der Waals surface area contributed by atoms with E-state index in [0.29, 0.717) is 5.92 Å². The van der Waals surface area contributed by atoms with Crippen LogP contribution in [0.15, 0.2) is 66.9 Å². The molecule has 0 aliphatic carbocycles. The van der Waals surface area contributed by atoms with Gasteiger partial charge >= 0.3 is 0 Å². The second kappa shape index (κ2) is 7.98. The van der Waals surface area contributed by atoms with Crippen LogP contribution < -0.4 is 4.74 Å². The highest BCUT2D eigenvalue weighted by Crippen LogP contribution is 2.27. The van der Waals surface area contributed by atoms with Crippen LogP contribution in [-0.2, 0) is 6.42 Å². The molecule has 2 aromatic carbocycles. The molecule has 3 rings (SSSR count). The fourth-order valence-corrected chi connectivity index (χ4v) is 3.05. The molecule has 0 spiro atoms. The molecular formula is C23H25NO. The highest BCUT2D eigenvalue weighted by atomic mass is 16.5. The van der Waals surface area contributed by atoms with Crippen molar-refractivity contribution in [3.8, 4) is 16.9 Å². The first kappa shape index (κ1) is 17.2. The Hall–Kier alpha value is -2.61. The smallest absolute Gasteiger partial charge is 0.118 e. The summed E-state index contributed by atoms with van der Waals surface area (Å²) in [6, 6.07) is 21.3. The predicted molar refractivity (Wildman–Crippen MR) is 104 cm³/mol. The molecule has 2 nitrogen and oxygen atoms in total. The van der Waals surface area contributed by atoms with Crippen molar-refractivity contribution in [2.45, 2.75) is 32.6 Å². The zero-order valence-electron chi connectivity index (χ0n) is 15.2. The molecular weight excluding hydrogens is 306 g/mol. The largest absolute Gasteiger partial charge is 0.497 e. The lowest BCUT2D eigenvalue weighted by Gasteiger charge is -2.13. The van der Waals surface area contributed by atoms with Crippen LogP contribution in [0.5, 0.6) is 5.75 Å². The summed E-state index contributed by atoms with van der Waals surface area (Å²) < 4.78 is 5.22. The van der Waals surface area contributed by atoms with Crippen LogP contribution in [0.2, 0.25) is 0 Å². The van der Waals surface area contributed by atoms with E-state index in [9.17, 15) is 0 Å². The molecule has 2 heteroatoms. The van der Waals surface area contributed by atoms with Crippen molar-refractivity contribution in [1.82, 2.24) is 4.98 Å². The topological polar surface area (TPSA) is 22.1 Å². The minimum Gasteiger partial charge on any atom is -0.497 e. The van der Waals surface area contributed by atoms with Crippen LogP contribution in [0.4, 0.5) is 0 Å². The van der Waals surface area contributed by atoms with Crippen LogP contribution in [0.25, 0.3) is 11.1 Å². The summed E-state index contributed by atoms with van der Waals surface area (Å²) in [7, 11) is 1.69. The van der Waals surface area contributed by atoms with E-state index < -0.39 is 0 Å². The third-order valence-corrected chi connectivity index (χ3v) is 4.66. The van der Waals surface area contributed by atoms with E-state index >= 15 is 0 Å². The number of aromatic nitrogens is 1. The number of ether oxygens (including phenoxy) is 1. The minimum atomic E-state index is 0.292. The molecule has 128 valence electrons. The monoisotopic (exact) mass is 331 g/mol. The molecule has 0 amide bonds. The van der Waals surface area contributed by atoms with Gasteiger partial charge < -0.3 is 4.74 Å². The highest BCUT2D eigenvalue weighted by Gasteiger charge is 2.10. The minimum absolute atomic E-state index is 0.292. The molecule has 1 unspecified atom stereocenters. The first-order valence-electron chi connectivity index (χ1n) is 8.90. The standard InChI is InChI=1S/C23H25NO/c1-4-5-18-6-15-23(24-16-18)17(2)19-7-9-20(10-8-19)21-11-13-22(25-3)14-12-21/h6-17H,4-5H2,1-3H3. The molecule has 3 aromatic rings. The van der Waals surface area contributed by atoms with Gasteiger partial charge in [-0.25, -0.2) is 0 Å². The molecule has 0 saturated carbocycles. The fraction of sp³-hybridized carbons (Fsp3) is 0.261. The van der Waals surface area contributed by atoms with Gasteiger partial charge in [0.05, 0.1) is 7.11 Å². The molecule has 25 heavy (non-hydrogen) atoms. The Morgan fingerprint density at radius 1 is 0.880 bits per heavy atom. The Morgan fingerprint density at radius 2 is 1.52 bits per heavy atom. The first-order chi connectivity index (χ1) is 12.2. The van der Waals surface area contributed by atoms with E-state index in [2.05, 4.69) is 67.4 Å². The van der Waals surface area contributed by atoms with Gasteiger partial charge in [0.2, 0.25) is 0 Å². The number of hydrogen-bond donors (Lipinski definition) is 0. The molecule has 1 heterocycles. The number of benzene rings is 2. The zero-order chi connectivity index (χ0) is 17.6. The summed E-state index contributed by atoms with van der Waals surface area (Å²) in [4.78, 5) is 4.66. The molecule has 0 aliphatic rings. The van der Waals surface area contributed by atoms with Crippen LogP contribution in [-0.4, -0.2) is 12.1 Å². The van der Waals surface area contributed by atoms with E-state index in [4.69, 9.17) is 4.74 Å². The Morgan fingerprint density at radius 3 is 2.04 bits per heavy atom. The number of pyridine rings is 1. The van der Waals surface area contributed by atoms with E-state index in [1.54, 1.807) is 7.11 Å². The number of aryl methyl sites for hydroxylation is 1. The predicted octanol–water partition coefficient (Wildman–Crippen LogP) is 5.86. The summed E-state index contributed by atoms with van der Waals surface area (Å²) in [5.41, 5.74) is 6.13. The number of hydrogen-bond acceptors (Lipinski definition) is 2. The van der Waals surface area contributed by atoms with Gasteiger partial charge in [-0.15, -0.1) is 0 Å². The number of rotatable bonds is 6. The first-order valence-corrected chi connectivity index (χ1v) is 8.90. The normalized spacial score (nSPS) is 12.0. The van der Waals surface area contributed by atoms with Gasteiger partial charge in [-0.05, 0) is 46.9 Å². The van der Waals surface area contributed by atoms with E-state index in [1.807, 2.05) is 18.3 Å². The van der Waals surface area contributed by atoms with Gasteiger partial charge in [0.25, 0.3) is 0 Å². The van der Waals surface area contributed by atoms with Gasteiger partial charge in [-0.2, -0.15) is 0 Å². The second-order valence-electron chi connectivity index (χ2n) is 6.41. The molecule has 0 fully saturated rings. The average Bonchev–Trinajstić information content (AvgIpc) is 2.68. The third-order valence-electron chi connectivity index (χ3n) is 4.66. The van der Waals surface area contributed by atoms with Crippen molar-refractivity contribution < 1.29 is 4.74 Å². The van der Waals surface area contributed by atoms with Crippen LogP contribution >= 0.6 is 0 Å². The van der Waals surface area contributed by atoms with Gasteiger partial charge in [-0.3, -0.25) is 4.98 Å². The van der Waals surface area contributed by atoms with Crippen LogP contribution in [0.1, 0.15) is 43.0 Å². The third kappa shape index (κ3) is 4.08. The highest BCUT2D eigenvalue weighted by molar-refractivity contribution is 5.64. The Balaban J connectivity index is 1.76. The van der Waals surface area contributed by atoms with Crippen molar-refractivity contribution in [2.75, 3.05) is 7.11 Å². The lowest BCUT2D eigenvalue weighted by atomic mass is 9.94. The molecule has 1 aromatic heterocycles. The van der Waals surface area contributed by atoms with Crippen LogP contribution in [0.3, 0.4) is 0 Å². The van der Waals surface area contributed by atoms with Gasteiger partial charge in [0.1, 0.15) is 5.75 Å². The Labute approximate surface area is 150 Å². The summed E-state index contributed by atoms with van der Waals surface area (Å²) in [5.74, 6) is 1.17. The second-order valence-corrected chi connectivity index (χ2v) is 6.41. The maximum absolute atomic E-state index is 5.22. The van der Waals surface area contributed by atoms with Crippen molar-refractivity contribution in [3.05, 3.63) is 83.7 Å². The molecule has 0 radical (unpaired) electrons. The van der Waals surface area contributed by atoms with Crippen molar-refractivity contribution in [2.24, 2.45) is 0 Å². The maximum atomic E-state index is 5.22. The van der Waals surface area contributed by atoms with E-state index in [-0.39, 0.29) is 0 Å². The quantitative estimate of drug-likeness (QED) is 0.564. The SMILES string of the molecule is CCCc1ccc(C(C)c2ccc(-c3ccc(OC)cc3)cc2)nc1. The average molecular weight is 331 g/mol. The zero-order valence-corrected chi connectivity index (χ0v) is 15.2. The van der Waals surface area contributed by atoms with Crippen molar-refractivity contribution in [3.63, 3.8) is 0 Å². The summed E-state index contributed by atoms with van der Waals surface area (Å²) in [5, 5.41) is 0. The summed E-state index contributed by atoms with van der Waals surface area (Å²) >= 11 is 0. The molecule has 0 N–H and O–H groups in total. The molecule has 0 saturated heterocycles. The van der Waals surface area contributed by atoms with Gasteiger partial charge in [0.15, 0.2) is 0 Å². The van der Waals surface area contributed by atoms with E-state index in [1.165, 1.54) is 22.3 Å². The van der Waals surface area contributed by atoms with Gasteiger partial charge in [0, 0.05) is 17.8 Å². The lowest BCUT2D eigenvalue weighted by Crippen LogP contribution is -1.99. The lowest BCUT2D eigenvalue weighted by molar-refractivity contribution is 0.415.